The molecule has 18 heavy (non-hydrogen) atoms. The van der Waals surface area contributed by atoms with Gasteiger partial charge in [-0.25, -0.2) is 9.37 Å². The van der Waals surface area contributed by atoms with Crippen LogP contribution >= 0.6 is 23.7 Å². The minimum Gasteiger partial charge on any atom is -0.345 e. The van der Waals surface area contributed by atoms with Gasteiger partial charge in [-0.3, -0.25) is 0 Å². The molecule has 0 N–H and O–H groups in total. The Morgan fingerprint density at radius 3 is 2.67 bits per heavy atom. The molecule has 0 saturated carbocycles. The fraction of sp³-hybridized carbons (Fsp3) is 0.417. The van der Waals surface area contributed by atoms with Gasteiger partial charge in [-0.05, 0) is 25.2 Å². The molecule has 3 nitrogen and oxygen atoms in total. The summed E-state index contributed by atoms with van der Waals surface area (Å²) in [6, 6.07) is 4.78. The summed E-state index contributed by atoms with van der Waals surface area (Å²) in [5.41, 5.74) is 0.894. The van der Waals surface area contributed by atoms with E-state index in [9.17, 15) is 4.39 Å². The van der Waals surface area contributed by atoms with Gasteiger partial charge in [-0.15, -0.1) is 12.4 Å². The van der Waals surface area contributed by atoms with Crippen molar-refractivity contribution in [3.63, 3.8) is 0 Å². The maximum atomic E-state index is 13.1. The Kier molecular flexibility index (Phi) is 4.04. The molecule has 0 spiro atoms. The Morgan fingerprint density at radius 1 is 1.22 bits per heavy atom. The van der Waals surface area contributed by atoms with E-state index in [-0.39, 0.29) is 18.2 Å². The van der Waals surface area contributed by atoms with E-state index in [0.29, 0.717) is 0 Å². The molecule has 0 atom stereocenters. The predicted molar refractivity (Wildman–Crippen MR) is 76.5 cm³/mol. The van der Waals surface area contributed by atoms with Gasteiger partial charge in [0.2, 0.25) is 0 Å². The van der Waals surface area contributed by atoms with Crippen molar-refractivity contribution < 1.29 is 4.39 Å². The third kappa shape index (κ3) is 2.58. The molecular formula is C12H15ClFN3S. The molecule has 1 aromatic carbocycles. The number of aromatic nitrogens is 1. The topological polar surface area (TPSA) is 19.4 Å². The molecule has 1 aliphatic rings. The summed E-state index contributed by atoms with van der Waals surface area (Å²) in [4.78, 5) is 9.15. The summed E-state index contributed by atoms with van der Waals surface area (Å²) in [6.45, 7) is 4.12. The lowest BCUT2D eigenvalue weighted by Crippen LogP contribution is -2.44. The van der Waals surface area contributed by atoms with Crippen LogP contribution in [0.15, 0.2) is 18.2 Å². The first-order valence-corrected chi connectivity index (χ1v) is 6.53. The fourth-order valence-corrected chi connectivity index (χ4v) is 3.06. The van der Waals surface area contributed by atoms with Crippen molar-refractivity contribution in [2.24, 2.45) is 0 Å². The average molecular weight is 288 g/mol. The second-order valence-electron chi connectivity index (χ2n) is 4.40. The maximum Gasteiger partial charge on any atom is 0.186 e. The Bertz CT molecular complexity index is 537. The molecule has 2 aromatic rings. The van der Waals surface area contributed by atoms with Crippen LogP contribution in [0.25, 0.3) is 10.2 Å². The maximum absolute atomic E-state index is 13.1. The third-order valence-corrected chi connectivity index (χ3v) is 4.19. The molecule has 0 bridgehead atoms. The molecule has 1 aliphatic heterocycles. The highest BCUT2D eigenvalue weighted by atomic mass is 35.5. The van der Waals surface area contributed by atoms with Crippen molar-refractivity contribution in [3.8, 4) is 0 Å². The lowest BCUT2D eigenvalue weighted by Gasteiger charge is -2.31. The number of benzene rings is 1. The first-order chi connectivity index (χ1) is 8.22. The van der Waals surface area contributed by atoms with Crippen molar-refractivity contribution in [2.75, 3.05) is 38.1 Å². The molecule has 0 amide bonds. The Balaban J connectivity index is 0.00000120. The van der Waals surface area contributed by atoms with E-state index < -0.39 is 0 Å². The SMILES string of the molecule is CN1CCN(c2nc3ccc(F)cc3s2)CC1.Cl. The second kappa shape index (κ2) is 5.38. The largest absolute Gasteiger partial charge is 0.345 e. The number of fused-ring (bicyclic) bond motifs is 1. The Morgan fingerprint density at radius 2 is 1.94 bits per heavy atom. The van der Waals surface area contributed by atoms with Gasteiger partial charge in [0.15, 0.2) is 5.13 Å². The van der Waals surface area contributed by atoms with E-state index in [2.05, 4.69) is 21.8 Å². The highest BCUT2D eigenvalue weighted by Gasteiger charge is 2.17. The lowest BCUT2D eigenvalue weighted by molar-refractivity contribution is 0.313. The highest BCUT2D eigenvalue weighted by Crippen LogP contribution is 2.29. The van der Waals surface area contributed by atoms with Crippen LogP contribution in [-0.2, 0) is 0 Å². The number of hydrogen-bond donors (Lipinski definition) is 0. The van der Waals surface area contributed by atoms with Crippen molar-refractivity contribution in [1.82, 2.24) is 9.88 Å². The summed E-state index contributed by atoms with van der Waals surface area (Å²) in [5.74, 6) is -0.189. The molecule has 6 heteroatoms. The number of thiazole rings is 1. The Hall–Kier alpha value is -0.910. The monoisotopic (exact) mass is 287 g/mol. The first-order valence-electron chi connectivity index (χ1n) is 5.72. The van der Waals surface area contributed by atoms with Gasteiger partial charge in [0.1, 0.15) is 5.82 Å². The number of rotatable bonds is 1. The van der Waals surface area contributed by atoms with E-state index in [4.69, 9.17) is 0 Å². The van der Waals surface area contributed by atoms with Crippen molar-refractivity contribution in [1.29, 1.82) is 0 Å². The van der Waals surface area contributed by atoms with E-state index in [1.54, 1.807) is 23.5 Å². The van der Waals surface area contributed by atoms with Crippen LogP contribution in [-0.4, -0.2) is 43.1 Å². The fourth-order valence-electron chi connectivity index (χ4n) is 2.02. The molecule has 1 fully saturated rings. The number of halogens is 2. The van der Waals surface area contributed by atoms with E-state index in [0.717, 1.165) is 41.5 Å². The summed E-state index contributed by atoms with van der Waals surface area (Å²) in [5, 5.41) is 1.01. The smallest absolute Gasteiger partial charge is 0.186 e. The minimum atomic E-state index is -0.189. The Labute approximate surface area is 116 Å². The molecule has 0 radical (unpaired) electrons. The quantitative estimate of drug-likeness (QED) is 0.804. The number of hydrogen-bond acceptors (Lipinski definition) is 4. The van der Waals surface area contributed by atoms with Crippen LogP contribution in [0.1, 0.15) is 0 Å². The molecular weight excluding hydrogens is 273 g/mol. The van der Waals surface area contributed by atoms with Crippen LogP contribution in [0.3, 0.4) is 0 Å². The van der Waals surface area contributed by atoms with Crippen LogP contribution in [0.4, 0.5) is 9.52 Å². The van der Waals surface area contributed by atoms with Crippen LogP contribution in [0.5, 0.6) is 0 Å². The number of nitrogens with zero attached hydrogens (tertiary/aromatic N) is 3. The van der Waals surface area contributed by atoms with Crippen molar-refractivity contribution in [3.05, 3.63) is 24.0 Å². The normalized spacial score (nSPS) is 16.9. The predicted octanol–water partition coefficient (Wildman–Crippen LogP) is 2.61. The standard InChI is InChI=1S/C12H14FN3S.ClH/c1-15-4-6-16(7-5-15)12-14-10-3-2-9(13)8-11(10)17-12;/h2-3,8H,4-7H2,1H3;1H. The molecule has 0 aliphatic carbocycles. The molecule has 0 unspecified atom stereocenters. The van der Waals surface area contributed by atoms with Crippen molar-refractivity contribution >= 4 is 39.1 Å². The summed E-state index contributed by atoms with van der Waals surface area (Å²) >= 11 is 1.58. The summed E-state index contributed by atoms with van der Waals surface area (Å²) in [7, 11) is 2.13. The molecule has 1 aromatic heterocycles. The highest BCUT2D eigenvalue weighted by molar-refractivity contribution is 7.22. The number of likely N-dealkylation sites (N-methyl/N-ethyl adjacent to an activating group) is 1. The van der Waals surface area contributed by atoms with Crippen LogP contribution in [0, 0.1) is 5.82 Å². The van der Waals surface area contributed by atoms with Crippen LogP contribution in [0.2, 0.25) is 0 Å². The summed E-state index contributed by atoms with van der Waals surface area (Å²) in [6.07, 6.45) is 0. The number of piperazine rings is 1. The second-order valence-corrected chi connectivity index (χ2v) is 5.41. The molecule has 1 saturated heterocycles. The zero-order valence-corrected chi connectivity index (χ0v) is 11.7. The van der Waals surface area contributed by atoms with Gasteiger partial charge in [0.05, 0.1) is 10.2 Å². The van der Waals surface area contributed by atoms with Gasteiger partial charge in [0, 0.05) is 26.2 Å². The van der Waals surface area contributed by atoms with Crippen LogP contribution < -0.4 is 4.90 Å². The minimum absolute atomic E-state index is 0. The van der Waals surface area contributed by atoms with Gasteiger partial charge in [0.25, 0.3) is 0 Å². The summed E-state index contributed by atoms with van der Waals surface area (Å²) < 4.78 is 14.0. The van der Waals surface area contributed by atoms with E-state index >= 15 is 0 Å². The van der Waals surface area contributed by atoms with Gasteiger partial charge in [-0.1, -0.05) is 11.3 Å². The zero-order valence-electron chi connectivity index (χ0n) is 10.1. The molecule has 2 heterocycles. The first kappa shape index (κ1) is 13.5. The average Bonchev–Trinajstić information content (AvgIpc) is 2.72. The third-order valence-electron chi connectivity index (χ3n) is 3.11. The van der Waals surface area contributed by atoms with E-state index in [1.807, 2.05) is 0 Å². The molecule has 98 valence electrons. The zero-order chi connectivity index (χ0) is 11.8. The molecule has 3 rings (SSSR count). The van der Waals surface area contributed by atoms with Gasteiger partial charge >= 0.3 is 0 Å². The van der Waals surface area contributed by atoms with E-state index in [1.165, 1.54) is 6.07 Å². The number of anilines is 1. The van der Waals surface area contributed by atoms with Crippen molar-refractivity contribution in [2.45, 2.75) is 0 Å². The lowest BCUT2D eigenvalue weighted by atomic mass is 10.3. The van der Waals surface area contributed by atoms with Gasteiger partial charge in [-0.2, -0.15) is 0 Å². The van der Waals surface area contributed by atoms with Gasteiger partial charge < -0.3 is 9.80 Å².